The van der Waals surface area contributed by atoms with Crippen LogP contribution in [0.3, 0.4) is 0 Å². The average molecular weight is 602 g/mol. The molecular weight excluding hydrogens is 571 g/mol. The second kappa shape index (κ2) is 10.6. The first-order chi connectivity index (χ1) is 23.0. The highest BCUT2D eigenvalue weighted by atomic mass is 14.9. The van der Waals surface area contributed by atoms with Crippen LogP contribution in [-0.4, -0.2) is 15.0 Å². The van der Waals surface area contributed by atoms with Crippen molar-refractivity contribution in [1.82, 2.24) is 15.0 Å². The van der Waals surface area contributed by atoms with E-state index in [4.69, 9.17) is 9.97 Å². The molecule has 0 radical (unpaired) electrons. The topological polar surface area (TPSA) is 38.7 Å². The molecule has 47 heavy (non-hydrogen) atoms. The maximum absolute atomic E-state index is 5.17. The summed E-state index contributed by atoms with van der Waals surface area (Å²) in [6.07, 6.45) is 1.83. The predicted molar refractivity (Wildman–Crippen MR) is 194 cm³/mol. The van der Waals surface area contributed by atoms with Gasteiger partial charge in [0.25, 0.3) is 0 Å². The Bertz CT molecular complexity index is 2480. The number of aromatic nitrogens is 3. The van der Waals surface area contributed by atoms with Gasteiger partial charge in [0.1, 0.15) is 0 Å². The van der Waals surface area contributed by atoms with Crippen LogP contribution < -0.4 is 0 Å². The molecule has 9 rings (SSSR count). The van der Waals surface area contributed by atoms with Crippen LogP contribution in [0.2, 0.25) is 0 Å². The summed E-state index contributed by atoms with van der Waals surface area (Å²) in [5.74, 6) is 0.698. The van der Waals surface area contributed by atoms with Crippen molar-refractivity contribution in [2.45, 2.75) is 19.3 Å². The molecular formula is C44H31N3. The fraction of sp³-hybridized carbons (Fsp3) is 0.0682. The molecule has 6 aromatic carbocycles. The van der Waals surface area contributed by atoms with Gasteiger partial charge in [-0.1, -0.05) is 123 Å². The summed E-state index contributed by atoms with van der Waals surface area (Å²) in [6.45, 7) is 4.68. The van der Waals surface area contributed by atoms with E-state index in [1.807, 2.05) is 42.6 Å². The van der Waals surface area contributed by atoms with Gasteiger partial charge in [0.15, 0.2) is 5.82 Å². The molecule has 0 unspecified atom stereocenters. The van der Waals surface area contributed by atoms with Crippen LogP contribution in [0.25, 0.3) is 77.8 Å². The minimum atomic E-state index is -0.0340. The molecule has 0 fully saturated rings. The summed E-state index contributed by atoms with van der Waals surface area (Å²) in [4.78, 5) is 15.0. The molecule has 0 saturated heterocycles. The van der Waals surface area contributed by atoms with Gasteiger partial charge in [-0.2, -0.15) is 0 Å². The van der Waals surface area contributed by atoms with E-state index >= 15 is 0 Å². The zero-order chi connectivity index (χ0) is 31.5. The molecule has 8 aromatic rings. The minimum absolute atomic E-state index is 0.0340. The monoisotopic (exact) mass is 601 g/mol. The zero-order valence-electron chi connectivity index (χ0n) is 26.3. The summed E-state index contributed by atoms with van der Waals surface area (Å²) in [6, 6.07) is 51.6. The van der Waals surface area contributed by atoms with Crippen molar-refractivity contribution < 1.29 is 0 Å². The fourth-order valence-corrected chi connectivity index (χ4v) is 7.31. The van der Waals surface area contributed by atoms with Gasteiger partial charge < -0.3 is 0 Å². The third-order valence-corrected chi connectivity index (χ3v) is 9.74. The van der Waals surface area contributed by atoms with Crippen molar-refractivity contribution in [3.63, 3.8) is 0 Å². The molecule has 2 aromatic heterocycles. The number of nitrogens with zero attached hydrogens (tertiary/aromatic N) is 3. The number of hydrogen-bond donors (Lipinski definition) is 0. The lowest BCUT2D eigenvalue weighted by atomic mass is 9.81. The summed E-state index contributed by atoms with van der Waals surface area (Å²) >= 11 is 0. The van der Waals surface area contributed by atoms with Gasteiger partial charge in [-0.05, 0) is 80.2 Å². The normalized spacial score (nSPS) is 13.1. The Balaban J connectivity index is 1.26. The zero-order valence-corrected chi connectivity index (χ0v) is 26.3. The van der Waals surface area contributed by atoms with E-state index < -0.39 is 0 Å². The molecule has 1 aliphatic carbocycles. The van der Waals surface area contributed by atoms with Crippen LogP contribution in [-0.2, 0) is 5.41 Å². The van der Waals surface area contributed by atoms with Crippen molar-refractivity contribution in [3.05, 3.63) is 163 Å². The van der Waals surface area contributed by atoms with Gasteiger partial charge in [-0.25, -0.2) is 9.97 Å². The van der Waals surface area contributed by atoms with Crippen molar-refractivity contribution in [3.8, 4) is 56.3 Å². The molecule has 0 spiro atoms. The van der Waals surface area contributed by atoms with E-state index in [1.165, 1.54) is 43.8 Å². The Morgan fingerprint density at radius 1 is 0.426 bits per heavy atom. The number of pyridine rings is 1. The molecule has 1 aliphatic rings. The standard InChI is InChI=1S/C44H31N3/c1-44(2)38-17-9-8-14-32(38)37-26-36-30(25-39(37)44)21-19-28-20-22-31(24-35(28)36)41-27-42(47-43(46-41)29-12-4-3-5-13-29)34-16-7-6-15-33(34)40-18-10-11-23-45-40/h3-27H,1-2H3. The van der Waals surface area contributed by atoms with E-state index in [2.05, 4.69) is 128 Å². The Hall–Kier alpha value is -5.93. The Labute approximate surface area is 274 Å². The Kier molecular flexibility index (Phi) is 6.16. The van der Waals surface area contributed by atoms with Crippen molar-refractivity contribution in [2.24, 2.45) is 0 Å². The highest BCUT2D eigenvalue weighted by Crippen LogP contribution is 2.50. The second-order valence-electron chi connectivity index (χ2n) is 12.9. The van der Waals surface area contributed by atoms with Crippen LogP contribution in [0.4, 0.5) is 0 Å². The van der Waals surface area contributed by atoms with Crippen LogP contribution in [0, 0.1) is 0 Å². The summed E-state index contributed by atoms with van der Waals surface area (Å²) in [5, 5.41) is 4.95. The average Bonchev–Trinajstić information content (AvgIpc) is 3.36. The number of fused-ring (bicyclic) bond motifs is 6. The summed E-state index contributed by atoms with van der Waals surface area (Å²) in [5.41, 5.74) is 12.2. The van der Waals surface area contributed by atoms with Gasteiger partial charge in [-0.15, -0.1) is 0 Å². The van der Waals surface area contributed by atoms with E-state index in [0.29, 0.717) is 5.82 Å². The van der Waals surface area contributed by atoms with Crippen LogP contribution in [0.5, 0.6) is 0 Å². The molecule has 0 aliphatic heterocycles. The molecule has 0 N–H and O–H groups in total. The largest absolute Gasteiger partial charge is 0.256 e. The quantitative estimate of drug-likeness (QED) is 0.188. The smallest absolute Gasteiger partial charge is 0.160 e. The first-order valence-corrected chi connectivity index (χ1v) is 16.1. The second-order valence-corrected chi connectivity index (χ2v) is 12.9. The SMILES string of the molecule is CC1(C)c2ccccc2-c2cc3c(ccc4ccc(-c5cc(-c6ccccc6-c6ccccn6)nc(-c6ccccc6)n5)cc43)cc21. The van der Waals surface area contributed by atoms with Crippen LogP contribution in [0.15, 0.2) is 152 Å². The van der Waals surface area contributed by atoms with Gasteiger partial charge >= 0.3 is 0 Å². The highest BCUT2D eigenvalue weighted by Gasteiger charge is 2.35. The van der Waals surface area contributed by atoms with Gasteiger partial charge in [0, 0.05) is 33.9 Å². The summed E-state index contributed by atoms with van der Waals surface area (Å²) in [7, 11) is 0. The van der Waals surface area contributed by atoms with E-state index in [1.54, 1.807) is 0 Å². The first-order valence-electron chi connectivity index (χ1n) is 16.1. The lowest BCUT2D eigenvalue weighted by molar-refractivity contribution is 0.661. The van der Waals surface area contributed by atoms with Crippen LogP contribution >= 0.6 is 0 Å². The molecule has 0 atom stereocenters. The molecule has 222 valence electrons. The molecule has 0 saturated carbocycles. The van der Waals surface area contributed by atoms with E-state index in [-0.39, 0.29) is 5.41 Å². The summed E-state index contributed by atoms with van der Waals surface area (Å²) < 4.78 is 0. The lowest BCUT2D eigenvalue weighted by Crippen LogP contribution is -2.14. The van der Waals surface area contributed by atoms with Gasteiger partial charge in [0.2, 0.25) is 0 Å². The minimum Gasteiger partial charge on any atom is -0.256 e. The third kappa shape index (κ3) is 4.46. The Morgan fingerprint density at radius 2 is 1.09 bits per heavy atom. The first kappa shape index (κ1) is 27.4. The molecule has 0 amide bonds. The Morgan fingerprint density at radius 3 is 1.89 bits per heavy atom. The van der Waals surface area contributed by atoms with E-state index in [0.717, 1.165) is 39.3 Å². The maximum atomic E-state index is 5.17. The number of rotatable bonds is 4. The van der Waals surface area contributed by atoms with Crippen molar-refractivity contribution >= 4 is 21.5 Å². The predicted octanol–water partition coefficient (Wildman–Crippen LogP) is 11.2. The molecule has 3 nitrogen and oxygen atoms in total. The number of hydrogen-bond acceptors (Lipinski definition) is 3. The van der Waals surface area contributed by atoms with Gasteiger partial charge in [0.05, 0.1) is 17.1 Å². The number of benzene rings is 6. The highest BCUT2D eigenvalue weighted by molar-refractivity contribution is 6.11. The maximum Gasteiger partial charge on any atom is 0.160 e. The molecule has 0 bridgehead atoms. The van der Waals surface area contributed by atoms with Crippen molar-refractivity contribution in [2.75, 3.05) is 0 Å². The fourth-order valence-electron chi connectivity index (χ4n) is 7.31. The lowest BCUT2D eigenvalue weighted by Gasteiger charge is -2.21. The molecule has 2 heterocycles. The molecule has 3 heteroatoms. The van der Waals surface area contributed by atoms with E-state index in [9.17, 15) is 0 Å². The third-order valence-electron chi connectivity index (χ3n) is 9.74. The van der Waals surface area contributed by atoms with Gasteiger partial charge in [-0.3, -0.25) is 4.98 Å². The van der Waals surface area contributed by atoms with Crippen LogP contribution in [0.1, 0.15) is 25.0 Å². The van der Waals surface area contributed by atoms with Crippen molar-refractivity contribution in [1.29, 1.82) is 0 Å².